The van der Waals surface area contributed by atoms with E-state index in [1.165, 1.54) is 0 Å². The van der Waals surface area contributed by atoms with Crippen LogP contribution in [0, 0.1) is 0 Å². The number of hydrogen-bond donors (Lipinski definition) is 0. The number of halogens is 3. The van der Waals surface area contributed by atoms with E-state index in [9.17, 15) is 23.1 Å². The summed E-state index contributed by atoms with van der Waals surface area (Å²) >= 11 is 0. The van der Waals surface area contributed by atoms with Gasteiger partial charge in [0, 0.05) is 5.56 Å². The number of aromatic carboxylic acids is 1. The molecular weight excluding hydrogens is 345 g/mol. The third-order valence-corrected chi connectivity index (χ3v) is 4.79. The maximum absolute atomic E-state index is 13.4. The fourth-order valence-electron chi connectivity index (χ4n) is 3.49. The number of carboxylic acid groups (broad SMARTS) is 1. The quantitative estimate of drug-likeness (QED) is 0.813. The minimum Gasteiger partial charge on any atom is -0.545 e. The number of benzene rings is 2. The Kier molecular flexibility index (Phi) is 4.94. The Morgan fingerprint density at radius 1 is 1.00 bits per heavy atom. The molecular formula is C20H18F3O3-. The topological polar surface area (TPSA) is 49.4 Å². The second-order valence-electron chi connectivity index (χ2n) is 6.52. The molecule has 0 unspecified atom stereocenters. The van der Waals surface area contributed by atoms with Crippen LogP contribution in [0.1, 0.15) is 53.6 Å². The maximum atomic E-state index is 13.4. The van der Waals surface area contributed by atoms with Crippen LogP contribution in [-0.2, 0) is 11.8 Å². The van der Waals surface area contributed by atoms with E-state index in [2.05, 4.69) is 0 Å². The summed E-state index contributed by atoms with van der Waals surface area (Å²) in [5, 5.41) is 11.1. The fraction of sp³-hybridized carbons (Fsp3) is 0.350. The van der Waals surface area contributed by atoms with E-state index in [4.69, 9.17) is 4.74 Å². The molecule has 26 heavy (non-hydrogen) atoms. The first kappa shape index (κ1) is 18.3. The lowest BCUT2D eigenvalue weighted by Crippen LogP contribution is -2.36. The number of rotatable bonds is 4. The number of carbonyl (C=O) groups is 1. The highest BCUT2D eigenvalue weighted by molar-refractivity contribution is 5.86. The van der Waals surface area contributed by atoms with Gasteiger partial charge in [0.15, 0.2) is 0 Å². The molecule has 138 valence electrons. The van der Waals surface area contributed by atoms with Gasteiger partial charge in [-0.2, -0.15) is 13.2 Å². The van der Waals surface area contributed by atoms with Gasteiger partial charge in [-0.05, 0) is 43.4 Å². The number of carboxylic acids is 1. The van der Waals surface area contributed by atoms with E-state index < -0.39 is 29.1 Å². The van der Waals surface area contributed by atoms with Crippen molar-refractivity contribution in [2.75, 3.05) is 0 Å². The predicted molar refractivity (Wildman–Crippen MR) is 87.6 cm³/mol. The van der Waals surface area contributed by atoms with Crippen LogP contribution in [0.25, 0.3) is 0 Å². The molecule has 0 N–H and O–H groups in total. The van der Waals surface area contributed by atoms with Gasteiger partial charge in [0.2, 0.25) is 0 Å². The summed E-state index contributed by atoms with van der Waals surface area (Å²) in [6.45, 7) is 0. The summed E-state index contributed by atoms with van der Waals surface area (Å²) < 4.78 is 46.2. The van der Waals surface area contributed by atoms with Crippen LogP contribution in [0.5, 0.6) is 5.75 Å². The zero-order valence-electron chi connectivity index (χ0n) is 14.0. The predicted octanol–water partition coefficient (Wildman–Crippen LogP) is 4.31. The normalized spacial score (nSPS) is 16.9. The highest BCUT2D eigenvalue weighted by Crippen LogP contribution is 2.45. The molecule has 1 aliphatic rings. The van der Waals surface area contributed by atoms with E-state index in [-0.39, 0.29) is 5.56 Å². The number of alkyl halides is 3. The molecule has 3 nitrogen and oxygen atoms in total. The van der Waals surface area contributed by atoms with Crippen molar-refractivity contribution in [2.45, 2.75) is 43.9 Å². The largest absolute Gasteiger partial charge is 0.545 e. The fourth-order valence-corrected chi connectivity index (χ4v) is 3.49. The summed E-state index contributed by atoms with van der Waals surface area (Å²) in [4.78, 5) is 11.1. The highest BCUT2D eigenvalue weighted by Gasteiger charge is 2.40. The third kappa shape index (κ3) is 3.69. The highest BCUT2D eigenvalue weighted by atomic mass is 19.4. The van der Waals surface area contributed by atoms with E-state index >= 15 is 0 Å². The molecule has 3 rings (SSSR count). The Balaban J connectivity index is 2.09. The summed E-state index contributed by atoms with van der Waals surface area (Å²) in [6, 6.07) is 11.7. The van der Waals surface area contributed by atoms with Crippen LogP contribution in [-0.4, -0.2) is 5.97 Å². The second kappa shape index (κ2) is 7.02. The zero-order chi connectivity index (χ0) is 18.8. The zero-order valence-corrected chi connectivity index (χ0v) is 14.0. The molecule has 6 heteroatoms. The molecule has 0 atom stereocenters. The lowest BCUT2D eigenvalue weighted by molar-refractivity contribution is -0.255. The molecule has 0 bridgehead atoms. The van der Waals surface area contributed by atoms with E-state index in [1.807, 2.05) is 30.3 Å². The monoisotopic (exact) mass is 363 g/mol. The van der Waals surface area contributed by atoms with Crippen molar-refractivity contribution in [3.8, 4) is 5.75 Å². The summed E-state index contributed by atoms with van der Waals surface area (Å²) in [6.07, 6.45) is -0.851. The molecule has 0 radical (unpaired) electrons. The molecule has 0 aromatic heterocycles. The van der Waals surface area contributed by atoms with Crippen LogP contribution >= 0.6 is 0 Å². The Hall–Kier alpha value is -2.50. The molecule has 0 amide bonds. The molecule has 2 aromatic rings. The van der Waals surface area contributed by atoms with Crippen LogP contribution < -0.4 is 9.84 Å². The van der Waals surface area contributed by atoms with Crippen molar-refractivity contribution in [3.05, 3.63) is 65.2 Å². The van der Waals surface area contributed by atoms with Gasteiger partial charge in [0.05, 0.1) is 11.5 Å². The maximum Gasteiger partial charge on any atom is 0.419 e. The average molecular weight is 363 g/mol. The van der Waals surface area contributed by atoms with Crippen molar-refractivity contribution in [2.24, 2.45) is 0 Å². The molecule has 1 fully saturated rings. The molecule has 0 aliphatic heterocycles. The second-order valence-corrected chi connectivity index (χ2v) is 6.52. The van der Waals surface area contributed by atoms with Crippen LogP contribution in [0.3, 0.4) is 0 Å². The SMILES string of the molecule is O=C([O-])c1ccc(C(F)(F)F)c(OC2(c3ccccc3)CCCCC2)c1. The van der Waals surface area contributed by atoms with E-state index in [0.717, 1.165) is 43.0 Å². The first-order valence-electron chi connectivity index (χ1n) is 8.49. The standard InChI is InChI=1S/C20H19F3O3/c21-20(22,23)16-10-9-14(18(24)25)13-17(16)26-19(11-5-2-6-12-19)15-7-3-1-4-8-15/h1,3-4,7-10,13H,2,5-6,11-12H2,(H,24,25)/p-1. The summed E-state index contributed by atoms with van der Waals surface area (Å²) in [5.74, 6) is -2.01. The molecule has 0 saturated heterocycles. The van der Waals surface area contributed by atoms with Gasteiger partial charge in [-0.1, -0.05) is 42.8 Å². The van der Waals surface area contributed by atoms with Crippen molar-refractivity contribution < 1.29 is 27.8 Å². The Labute approximate surface area is 149 Å². The number of ether oxygens (including phenoxy) is 1. The van der Waals surface area contributed by atoms with Crippen molar-refractivity contribution in [1.82, 2.24) is 0 Å². The van der Waals surface area contributed by atoms with E-state index in [0.29, 0.717) is 12.8 Å². The average Bonchev–Trinajstić information content (AvgIpc) is 2.62. The van der Waals surface area contributed by atoms with Crippen molar-refractivity contribution in [1.29, 1.82) is 0 Å². The Morgan fingerprint density at radius 3 is 2.23 bits per heavy atom. The van der Waals surface area contributed by atoms with Gasteiger partial charge >= 0.3 is 6.18 Å². The van der Waals surface area contributed by atoms with Crippen LogP contribution in [0.2, 0.25) is 0 Å². The van der Waals surface area contributed by atoms with Gasteiger partial charge in [0.25, 0.3) is 0 Å². The Bertz CT molecular complexity index is 779. The van der Waals surface area contributed by atoms with Gasteiger partial charge in [-0.15, -0.1) is 0 Å². The molecule has 2 aromatic carbocycles. The van der Waals surface area contributed by atoms with Crippen LogP contribution in [0.4, 0.5) is 13.2 Å². The van der Waals surface area contributed by atoms with Gasteiger partial charge < -0.3 is 14.6 Å². The molecule has 0 heterocycles. The van der Waals surface area contributed by atoms with Crippen molar-refractivity contribution in [3.63, 3.8) is 0 Å². The first-order valence-corrected chi connectivity index (χ1v) is 8.49. The van der Waals surface area contributed by atoms with Crippen LogP contribution in [0.15, 0.2) is 48.5 Å². The summed E-state index contributed by atoms with van der Waals surface area (Å²) in [5.41, 5.74) is -1.42. The number of carbonyl (C=O) groups excluding carboxylic acids is 1. The van der Waals surface area contributed by atoms with Gasteiger partial charge in [-0.25, -0.2) is 0 Å². The lowest BCUT2D eigenvalue weighted by Gasteiger charge is -2.39. The minimum atomic E-state index is -4.65. The first-order chi connectivity index (χ1) is 12.3. The molecule has 1 aliphatic carbocycles. The molecule has 0 spiro atoms. The lowest BCUT2D eigenvalue weighted by atomic mass is 9.79. The Morgan fingerprint density at radius 2 is 1.65 bits per heavy atom. The van der Waals surface area contributed by atoms with Crippen molar-refractivity contribution >= 4 is 5.97 Å². The minimum absolute atomic E-state index is 0.341. The smallest absolute Gasteiger partial charge is 0.419 e. The van der Waals surface area contributed by atoms with Gasteiger partial charge in [-0.3, -0.25) is 0 Å². The number of hydrogen-bond acceptors (Lipinski definition) is 3. The third-order valence-electron chi connectivity index (χ3n) is 4.79. The molecule has 1 saturated carbocycles. The summed E-state index contributed by atoms with van der Waals surface area (Å²) in [7, 11) is 0. The van der Waals surface area contributed by atoms with Gasteiger partial charge in [0.1, 0.15) is 11.4 Å². The van der Waals surface area contributed by atoms with E-state index in [1.54, 1.807) is 0 Å².